The molecule has 26 heavy (non-hydrogen) atoms. The first-order valence-electron chi connectivity index (χ1n) is 8.10. The van der Waals surface area contributed by atoms with Crippen molar-refractivity contribution in [1.29, 1.82) is 0 Å². The minimum absolute atomic E-state index is 0.174. The summed E-state index contributed by atoms with van der Waals surface area (Å²) >= 11 is 0. The molecular formula is C17H19N5O3S. The van der Waals surface area contributed by atoms with Crippen LogP contribution in [0.3, 0.4) is 0 Å². The molecule has 8 nitrogen and oxygen atoms in total. The van der Waals surface area contributed by atoms with Crippen LogP contribution in [0, 0.1) is 6.92 Å². The fraction of sp³-hybridized carbons (Fsp3) is 0.294. The van der Waals surface area contributed by atoms with E-state index in [-0.39, 0.29) is 16.6 Å². The molecule has 0 bridgehead atoms. The quantitative estimate of drug-likeness (QED) is 0.723. The number of aryl methyl sites for hydroxylation is 1. The minimum atomic E-state index is -3.33. The molecule has 0 saturated heterocycles. The third-order valence-electron chi connectivity index (χ3n) is 4.11. The summed E-state index contributed by atoms with van der Waals surface area (Å²) in [7, 11) is -3.33. The van der Waals surface area contributed by atoms with E-state index >= 15 is 0 Å². The number of anilines is 1. The molecule has 0 aliphatic rings. The first-order chi connectivity index (χ1) is 12.3. The van der Waals surface area contributed by atoms with Gasteiger partial charge in [-0.2, -0.15) is 0 Å². The molecule has 2 N–H and O–H groups in total. The van der Waals surface area contributed by atoms with Crippen LogP contribution in [0.25, 0.3) is 22.8 Å². The zero-order chi connectivity index (χ0) is 18.9. The first-order valence-corrected chi connectivity index (χ1v) is 9.65. The molecule has 0 aliphatic carbocycles. The lowest BCUT2D eigenvalue weighted by atomic mass is 10.1. The van der Waals surface area contributed by atoms with Gasteiger partial charge < -0.3 is 10.2 Å². The highest BCUT2D eigenvalue weighted by molar-refractivity contribution is 7.92. The molecule has 0 spiro atoms. The van der Waals surface area contributed by atoms with Gasteiger partial charge in [-0.05, 0) is 25.5 Å². The monoisotopic (exact) mass is 373 g/mol. The summed E-state index contributed by atoms with van der Waals surface area (Å²) in [5, 5.41) is 7.24. The molecule has 2 heterocycles. The molecule has 0 radical (unpaired) electrons. The molecule has 0 saturated carbocycles. The Labute approximate surface area is 151 Å². The fourth-order valence-electron chi connectivity index (χ4n) is 2.35. The van der Waals surface area contributed by atoms with Crippen LogP contribution in [0.5, 0.6) is 0 Å². The van der Waals surface area contributed by atoms with E-state index in [1.807, 2.05) is 6.92 Å². The SMILES string of the molecule is CCC(C)S(=O)(=O)c1ccc(-c2cnc(N)c(-c3nnc(C)o3)n2)cc1. The second-order valence-electron chi connectivity index (χ2n) is 5.90. The fourth-order valence-corrected chi connectivity index (χ4v) is 3.77. The van der Waals surface area contributed by atoms with Crippen molar-refractivity contribution in [2.24, 2.45) is 0 Å². The third-order valence-corrected chi connectivity index (χ3v) is 6.43. The summed E-state index contributed by atoms with van der Waals surface area (Å²) in [5.41, 5.74) is 7.38. The number of aromatic nitrogens is 4. The van der Waals surface area contributed by atoms with Gasteiger partial charge in [0.25, 0.3) is 5.89 Å². The maximum absolute atomic E-state index is 12.4. The van der Waals surface area contributed by atoms with Crippen LogP contribution in [-0.2, 0) is 9.84 Å². The Bertz CT molecular complexity index is 1030. The van der Waals surface area contributed by atoms with Crippen molar-refractivity contribution in [1.82, 2.24) is 20.2 Å². The molecule has 2 aromatic heterocycles. The predicted octanol–water partition coefficient (Wildman–Crippen LogP) is 2.66. The summed E-state index contributed by atoms with van der Waals surface area (Å²) in [6.07, 6.45) is 2.07. The van der Waals surface area contributed by atoms with Gasteiger partial charge in [0.1, 0.15) is 0 Å². The van der Waals surface area contributed by atoms with Crippen molar-refractivity contribution in [3.05, 3.63) is 36.4 Å². The molecule has 3 rings (SSSR count). The van der Waals surface area contributed by atoms with E-state index in [1.54, 1.807) is 38.1 Å². The van der Waals surface area contributed by atoms with E-state index in [0.29, 0.717) is 29.3 Å². The largest absolute Gasteiger partial charge is 0.420 e. The first kappa shape index (κ1) is 18.0. The molecule has 1 atom stereocenters. The molecule has 136 valence electrons. The Morgan fingerprint density at radius 1 is 1.19 bits per heavy atom. The maximum atomic E-state index is 12.4. The maximum Gasteiger partial charge on any atom is 0.270 e. The highest BCUT2D eigenvalue weighted by Gasteiger charge is 2.21. The lowest BCUT2D eigenvalue weighted by molar-refractivity contribution is 0.531. The van der Waals surface area contributed by atoms with E-state index in [0.717, 1.165) is 0 Å². The van der Waals surface area contributed by atoms with Crippen LogP contribution in [-0.4, -0.2) is 33.8 Å². The zero-order valence-electron chi connectivity index (χ0n) is 14.7. The zero-order valence-corrected chi connectivity index (χ0v) is 15.5. The van der Waals surface area contributed by atoms with Gasteiger partial charge in [-0.3, -0.25) is 0 Å². The van der Waals surface area contributed by atoms with Crippen molar-refractivity contribution in [2.75, 3.05) is 5.73 Å². The average Bonchev–Trinajstić information content (AvgIpc) is 3.07. The number of hydrogen-bond acceptors (Lipinski definition) is 8. The lowest BCUT2D eigenvalue weighted by Crippen LogP contribution is -2.16. The van der Waals surface area contributed by atoms with Gasteiger partial charge >= 0.3 is 0 Å². The van der Waals surface area contributed by atoms with Gasteiger partial charge in [0.05, 0.1) is 22.0 Å². The van der Waals surface area contributed by atoms with Crippen LogP contribution in [0.1, 0.15) is 26.2 Å². The van der Waals surface area contributed by atoms with Crippen LogP contribution < -0.4 is 5.73 Å². The number of nitrogens with two attached hydrogens (primary N) is 1. The summed E-state index contributed by atoms with van der Waals surface area (Å²) < 4.78 is 30.2. The van der Waals surface area contributed by atoms with Crippen molar-refractivity contribution < 1.29 is 12.8 Å². The van der Waals surface area contributed by atoms with Crippen LogP contribution in [0.2, 0.25) is 0 Å². The molecular weight excluding hydrogens is 354 g/mol. The highest BCUT2D eigenvalue weighted by atomic mass is 32.2. The molecule has 3 aromatic rings. The highest BCUT2D eigenvalue weighted by Crippen LogP contribution is 2.26. The molecule has 0 aliphatic heterocycles. The Morgan fingerprint density at radius 2 is 1.88 bits per heavy atom. The molecule has 1 unspecified atom stereocenters. The van der Waals surface area contributed by atoms with Gasteiger partial charge in [-0.25, -0.2) is 18.4 Å². The predicted molar refractivity (Wildman–Crippen MR) is 96.8 cm³/mol. The van der Waals surface area contributed by atoms with Crippen LogP contribution in [0.4, 0.5) is 5.82 Å². The van der Waals surface area contributed by atoms with Gasteiger partial charge in [0, 0.05) is 12.5 Å². The van der Waals surface area contributed by atoms with E-state index in [9.17, 15) is 8.42 Å². The second kappa shape index (κ2) is 6.83. The number of nitrogens with zero attached hydrogens (tertiary/aromatic N) is 4. The lowest BCUT2D eigenvalue weighted by Gasteiger charge is -2.11. The van der Waals surface area contributed by atoms with Crippen LogP contribution in [0.15, 0.2) is 39.8 Å². The normalized spacial score (nSPS) is 12.9. The number of sulfone groups is 1. The Kier molecular flexibility index (Phi) is 4.73. The standard InChI is InChI=1S/C17H19N5O3S/c1-4-10(2)26(23,24)13-7-5-12(6-8-13)14-9-19-16(18)15(20-14)17-22-21-11(3)25-17/h5-10H,4H2,1-3H3,(H2,18,19). The molecule has 9 heteroatoms. The van der Waals surface area contributed by atoms with Crippen molar-refractivity contribution in [2.45, 2.75) is 37.3 Å². The van der Waals surface area contributed by atoms with Gasteiger partial charge in [0.15, 0.2) is 21.3 Å². The number of hydrogen-bond donors (Lipinski definition) is 1. The third kappa shape index (κ3) is 3.30. The van der Waals surface area contributed by atoms with E-state index in [2.05, 4.69) is 20.2 Å². The van der Waals surface area contributed by atoms with Crippen molar-refractivity contribution in [3.8, 4) is 22.8 Å². The van der Waals surface area contributed by atoms with E-state index in [4.69, 9.17) is 10.2 Å². The second-order valence-corrected chi connectivity index (χ2v) is 8.27. The Morgan fingerprint density at radius 3 is 2.46 bits per heavy atom. The van der Waals surface area contributed by atoms with Crippen LogP contribution >= 0.6 is 0 Å². The number of benzene rings is 1. The minimum Gasteiger partial charge on any atom is -0.420 e. The van der Waals surface area contributed by atoms with Gasteiger partial charge in [-0.15, -0.1) is 10.2 Å². The molecule has 0 fully saturated rings. The summed E-state index contributed by atoms with van der Waals surface area (Å²) in [4.78, 5) is 8.84. The summed E-state index contributed by atoms with van der Waals surface area (Å²) in [6.45, 7) is 5.22. The number of nitrogen functional groups attached to an aromatic ring is 1. The topological polar surface area (TPSA) is 125 Å². The summed E-state index contributed by atoms with van der Waals surface area (Å²) in [5.74, 6) is 0.755. The molecule has 0 amide bonds. The average molecular weight is 373 g/mol. The Balaban J connectivity index is 1.98. The smallest absolute Gasteiger partial charge is 0.270 e. The molecule has 1 aromatic carbocycles. The summed E-state index contributed by atoms with van der Waals surface area (Å²) in [6, 6.07) is 6.54. The van der Waals surface area contributed by atoms with Crippen molar-refractivity contribution in [3.63, 3.8) is 0 Å². The van der Waals surface area contributed by atoms with E-state index in [1.165, 1.54) is 6.20 Å². The van der Waals surface area contributed by atoms with E-state index < -0.39 is 15.1 Å². The van der Waals surface area contributed by atoms with Gasteiger partial charge in [0.2, 0.25) is 5.89 Å². The van der Waals surface area contributed by atoms with Crippen molar-refractivity contribution >= 4 is 15.7 Å². The number of rotatable bonds is 5. The Hall–Kier alpha value is -2.81. The van der Waals surface area contributed by atoms with Gasteiger partial charge in [-0.1, -0.05) is 19.1 Å².